The molecule has 70 heavy (non-hydrogen) atoms. The lowest BCUT2D eigenvalue weighted by Gasteiger charge is -2.22. The van der Waals surface area contributed by atoms with E-state index in [1.165, 1.54) is 34.3 Å². The van der Waals surface area contributed by atoms with E-state index in [4.69, 9.17) is 95.7 Å². The maximum absolute atomic E-state index is 12.9. The molecule has 35 heteroatoms. The molecule has 4 aromatic rings. The Morgan fingerprint density at radius 2 is 1.04 bits per heavy atom. The van der Waals surface area contributed by atoms with Gasteiger partial charge in [-0.05, 0) is 93.8 Å². The molecule has 4 aromatic heterocycles. The van der Waals surface area contributed by atoms with Crippen LogP contribution in [0.1, 0.15) is 75.0 Å². The number of ether oxygens (including phenoxy) is 2. The molecule has 2 saturated heterocycles. The van der Waals surface area contributed by atoms with Gasteiger partial charge in [0.15, 0.2) is 28.8 Å². The van der Waals surface area contributed by atoms with Crippen LogP contribution >= 0.6 is 95.1 Å². The fourth-order valence-corrected chi connectivity index (χ4v) is 21.3. The Kier molecular flexibility index (Phi) is 20.5. The minimum absolute atomic E-state index is 0.0306. The molecule has 1 unspecified atom stereocenters. The normalized spacial score (nSPS) is 26.5. The van der Waals surface area contributed by atoms with Gasteiger partial charge in [-0.3, -0.25) is 18.3 Å². The lowest BCUT2D eigenvalue weighted by atomic mass is 10.1. The van der Waals surface area contributed by atoms with Crippen LogP contribution in [0.2, 0.25) is 10.6 Å². The van der Waals surface area contributed by atoms with Crippen LogP contribution in [0.5, 0.6) is 0 Å². The van der Waals surface area contributed by atoms with Gasteiger partial charge in [0.05, 0.1) is 37.0 Å². The summed E-state index contributed by atoms with van der Waals surface area (Å²) in [4.78, 5) is 17.2. The van der Waals surface area contributed by atoms with Crippen molar-refractivity contribution in [1.82, 2.24) is 39.2 Å². The largest absolute Gasteiger partial charge is 0.394 e. The molecule has 4 fully saturated rings. The number of imidazole rings is 2. The summed E-state index contributed by atoms with van der Waals surface area (Å²) in [7, 11) is -4.25. The highest BCUT2D eigenvalue weighted by Crippen LogP contribution is 2.72. The molecule has 0 bridgehead atoms. The molecule has 9 atom stereocenters. The number of aromatic nitrogens is 8. The average Bonchev–Trinajstić information content (AvgIpc) is 4.17. The zero-order valence-corrected chi connectivity index (χ0v) is 45.5. The average molecular weight is 1190 g/mol. The van der Waals surface area contributed by atoms with Crippen molar-refractivity contribution in [3.05, 3.63) is 34.3 Å². The van der Waals surface area contributed by atoms with E-state index in [1.807, 2.05) is 0 Å². The molecule has 6 heterocycles. The zero-order chi connectivity index (χ0) is 51.3. The highest BCUT2D eigenvalue weighted by Gasteiger charge is 2.48. The Balaban J connectivity index is 0.000000204. The molecule has 7 N–H and O–H groups in total. The molecule has 2 aliphatic heterocycles. The Morgan fingerprint density at radius 1 is 0.643 bits per heavy atom. The first-order valence-corrected chi connectivity index (χ1v) is 33.0. The third-order valence-electron chi connectivity index (χ3n) is 11.6. The van der Waals surface area contributed by atoms with Gasteiger partial charge in [0.25, 0.3) is 11.7 Å². The second-order valence-electron chi connectivity index (χ2n) is 16.4. The SMILES string of the molecule is COP(=O)(CP(=O)(OC)OC[C@H]1O[C@@H](c2cnc3c(NC4CCCC4)nc(Cl)nn23)[C@H](O)[C@@H]1O)OC.O=P(Cl)(Cl)CP(=O)(Cl)Cl.OC[C@H]1O[C@@H](c2cnc3c(NC4CCCC4)nc(Cl)nn23)[C@H](O)[C@@H]1O. The summed E-state index contributed by atoms with van der Waals surface area (Å²) in [5.74, 6) is -6.92. The minimum Gasteiger partial charge on any atom is -0.394 e. The molecule has 0 spiro atoms. The Bertz CT molecular complexity index is 2580. The molecule has 394 valence electrons. The van der Waals surface area contributed by atoms with Gasteiger partial charge >= 0.3 is 15.2 Å². The number of anilines is 2. The summed E-state index contributed by atoms with van der Waals surface area (Å²) in [5.41, 5.74) is 1.64. The number of nitrogens with one attached hydrogen (secondary N) is 2. The number of aliphatic hydroxyl groups excluding tert-OH is 5. The second-order valence-corrected chi connectivity index (χ2v) is 33.0. The maximum Gasteiger partial charge on any atom is 0.342 e. The van der Waals surface area contributed by atoms with E-state index in [0.717, 1.165) is 59.9 Å². The van der Waals surface area contributed by atoms with Crippen LogP contribution in [0.3, 0.4) is 0 Å². The van der Waals surface area contributed by atoms with Crippen LogP contribution in [-0.2, 0) is 45.8 Å². The Labute approximate surface area is 429 Å². The predicted molar refractivity (Wildman–Crippen MR) is 260 cm³/mol. The van der Waals surface area contributed by atoms with Crippen LogP contribution in [0.4, 0.5) is 11.6 Å². The second kappa shape index (κ2) is 24.7. The first-order valence-electron chi connectivity index (χ1n) is 21.4. The summed E-state index contributed by atoms with van der Waals surface area (Å²) in [5, 5.41) is 65.9. The van der Waals surface area contributed by atoms with Crippen molar-refractivity contribution in [2.75, 3.05) is 57.0 Å². The number of nitrogens with zero attached hydrogens (tertiary/aromatic N) is 8. The smallest absolute Gasteiger partial charge is 0.342 e. The van der Waals surface area contributed by atoms with E-state index < -0.39 is 101 Å². The van der Waals surface area contributed by atoms with Crippen molar-refractivity contribution in [1.29, 1.82) is 0 Å². The molecule has 25 nitrogen and oxygen atoms in total. The third-order valence-corrected chi connectivity index (χ3v) is 23.3. The summed E-state index contributed by atoms with van der Waals surface area (Å²) in [6.45, 7) is -0.829. The molecule has 0 amide bonds. The summed E-state index contributed by atoms with van der Waals surface area (Å²) in [6, 6.07) is 0.573. The third kappa shape index (κ3) is 14.9. The van der Waals surface area contributed by atoms with Crippen molar-refractivity contribution in [3.63, 3.8) is 0 Å². The fourth-order valence-electron chi connectivity index (χ4n) is 8.06. The molecular weight excluding hydrogens is 1140 g/mol. The number of hydrogen-bond acceptors (Lipinski definition) is 23. The van der Waals surface area contributed by atoms with Gasteiger partial charge in [0.2, 0.25) is 10.6 Å². The van der Waals surface area contributed by atoms with Crippen LogP contribution in [-0.4, -0.2) is 160 Å². The molecule has 0 aromatic carbocycles. The van der Waals surface area contributed by atoms with Crippen LogP contribution in [0.15, 0.2) is 12.4 Å². The van der Waals surface area contributed by atoms with E-state index >= 15 is 0 Å². The number of halogens is 6. The van der Waals surface area contributed by atoms with E-state index in [2.05, 4.69) is 40.8 Å². The summed E-state index contributed by atoms with van der Waals surface area (Å²) < 4.78 is 80.4. The van der Waals surface area contributed by atoms with Gasteiger partial charge in [0.1, 0.15) is 54.7 Å². The molecular formula is C35H52Cl6N10O15P4. The van der Waals surface area contributed by atoms with Gasteiger partial charge < -0.3 is 63.7 Å². The number of fused-ring (bicyclic) bond motifs is 2. The summed E-state index contributed by atoms with van der Waals surface area (Å²) >= 11 is 32.2. The number of aliphatic hydroxyl groups is 5. The minimum atomic E-state index is -3.95. The highest BCUT2D eigenvalue weighted by atomic mass is 35.9. The predicted octanol–water partition coefficient (Wildman–Crippen LogP) is 7.16. The van der Waals surface area contributed by atoms with Crippen molar-refractivity contribution in [2.45, 2.75) is 112 Å². The van der Waals surface area contributed by atoms with Crippen molar-refractivity contribution < 1.29 is 71.4 Å². The van der Waals surface area contributed by atoms with Gasteiger partial charge in [-0.2, -0.15) is 9.97 Å². The summed E-state index contributed by atoms with van der Waals surface area (Å²) in [6.07, 6.45) is 2.66. The van der Waals surface area contributed by atoms with Gasteiger partial charge in [-0.25, -0.2) is 19.0 Å². The maximum atomic E-state index is 12.9. The van der Waals surface area contributed by atoms with Gasteiger partial charge in [-0.1, -0.05) is 25.7 Å². The van der Waals surface area contributed by atoms with E-state index in [1.54, 1.807) is 0 Å². The fraction of sp³-hybridized carbons (Fsp3) is 0.714. The first-order chi connectivity index (χ1) is 32.9. The van der Waals surface area contributed by atoms with Crippen LogP contribution in [0.25, 0.3) is 11.3 Å². The molecule has 8 rings (SSSR count). The van der Waals surface area contributed by atoms with Crippen LogP contribution < -0.4 is 10.6 Å². The quantitative estimate of drug-likeness (QED) is 0.0515. The molecule has 4 aliphatic rings. The van der Waals surface area contributed by atoms with E-state index in [-0.39, 0.29) is 16.6 Å². The lowest BCUT2D eigenvalue weighted by molar-refractivity contribution is -0.0244. The standard InChI is InChI=1S/C19H30ClN5O9P2.C15H20ClN5O4.CH2Cl4O2P2/c1-30-35(28,31-2)10-36(29,32-3)33-9-13-14(26)15(27)16(34-13)12-8-21-18-17(22-11-6-4-5-7-11)23-19(20)24-25(12)18;16-15-19-13(18-7-3-1-2-4-7)14-17-5-8(21(14)20-15)12-11(24)10(23)9(6-22)25-12;2-8(3,6)1-9(4,5)7/h8,11,13-16,26-27H,4-7,9-10H2,1-3H3,(H,22,23,24);5,7,9-12,22-24H,1-4,6H2,(H,18,19,20);1H2/t13-,14-,15-,16+,36?;9-,10-,11-,12+;/m11./s1. The van der Waals surface area contributed by atoms with Crippen molar-refractivity contribution in [3.8, 4) is 0 Å². The zero-order valence-electron chi connectivity index (χ0n) is 37.4. The topological polar surface area (TPSA) is 335 Å². The van der Waals surface area contributed by atoms with Crippen LogP contribution in [0, 0.1) is 0 Å². The van der Waals surface area contributed by atoms with Crippen molar-refractivity contribution in [2.24, 2.45) is 0 Å². The highest BCUT2D eigenvalue weighted by molar-refractivity contribution is 8.21. The monoisotopic (exact) mass is 1190 g/mol. The number of hydrogen-bond donors (Lipinski definition) is 7. The Hall–Kier alpha value is -1.08. The van der Waals surface area contributed by atoms with E-state index in [0.29, 0.717) is 40.4 Å². The first kappa shape index (κ1) is 58.2. The van der Waals surface area contributed by atoms with Gasteiger partial charge in [0, 0.05) is 33.4 Å². The number of rotatable bonds is 17. The molecule has 2 aliphatic carbocycles. The van der Waals surface area contributed by atoms with Gasteiger partial charge in [-0.15, -0.1) is 10.2 Å². The van der Waals surface area contributed by atoms with Crippen molar-refractivity contribution >= 4 is 118 Å². The Morgan fingerprint density at radius 3 is 1.40 bits per heavy atom. The molecule has 0 radical (unpaired) electrons. The van der Waals surface area contributed by atoms with E-state index in [9.17, 15) is 43.8 Å². The lowest BCUT2D eigenvalue weighted by Crippen LogP contribution is -2.33. The molecule has 2 saturated carbocycles.